The highest BCUT2D eigenvalue weighted by Crippen LogP contribution is 2.24. The van der Waals surface area contributed by atoms with E-state index in [4.69, 9.17) is 0 Å². The average molecular weight is 519 g/mol. The average Bonchev–Trinajstić information content (AvgIpc) is 3.14. The first kappa shape index (κ1) is 23.0. The second-order valence-electron chi connectivity index (χ2n) is 6.44. The number of carbonyl (C=O) groups is 3. The fourth-order valence-electron chi connectivity index (χ4n) is 2.54. The molecule has 0 aliphatic heterocycles. The lowest BCUT2D eigenvalue weighted by Crippen LogP contribution is -2.15. The van der Waals surface area contributed by atoms with E-state index in [-0.39, 0.29) is 29.9 Å². The van der Waals surface area contributed by atoms with Crippen molar-refractivity contribution in [1.29, 1.82) is 0 Å². The molecule has 0 fully saturated rings. The zero-order valence-electron chi connectivity index (χ0n) is 16.5. The van der Waals surface area contributed by atoms with Crippen molar-refractivity contribution in [2.24, 2.45) is 0 Å². The summed E-state index contributed by atoms with van der Waals surface area (Å²) in [7, 11) is 0. The van der Waals surface area contributed by atoms with Gasteiger partial charge in [-0.2, -0.15) is 0 Å². The molecule has 0 saturated carbocycles. The summed E-state index contributed by atoms with van der Waals surface area (Å²) in [4.78, 5) is 39.8. The summed E-state index contributed by atoms with van der Waals surface area (Å²) in [6.07, 6.45) is 0.163. The maximum atomic E-state index is 12.2. The second kappa shape index (κ2) is 11.1. The molecule has 3 aromatic rings. The Balaban J connectivity index is 1.44. The van der Waals surface area contributed by atoms with Gasteiger partial charge in [-0.1, -0.05) is 33.8 Å². The van der Waals surface area contributed by atoms with Crippen LogP contribution in [0.5, 0.6) is 0 Å². The van der Waals surface area contributed by atoms with Gasteiger partial charge in [0, 0.05) is 33.8 Å². The molecule has 31 heavy (non-hydrogen) atoms. The highest BCUT2D eigenvalue weighted by atomic mass is 79.9. The van der Waals surface area contributed by atoms with Gasteiger partial charge in [0.25, 0.3) is 0 Å². The van der Waals surface area contributed by atoms with Crippen molar-refractivity contribution in [2.75, 3.05) is 21.7 Å². The molecule has 3 rings (SSSR count). The van der Waals surface area contributed by atoms with Crippen LogP contribution >= 0.6 is 39.0 Å². The first-order chi connectivity index (χ1) is 14.9. The number of carbonyl (C=O) groups excluding carboxylic acids is 3. The monoisotopic (exact) mass is 518 g/mol. The number of amides is 3. The summed E-state index contributed by atoms with van der Waals surface area (Å²) >= 11 is 6.08. The number of benzene rings is 2. The Kier molecular flexibility index (Phi) is 8.21. The molecular weight excluding hydrogens is 500 g/mol. The van der Waals surface area contributed by atoms with Gasteiger partial charge in [0.15, 0.2) is 4.34 Å². The summed E-state index contributed by atoms with van der Waals surface area (Å²) in [5, 5.41) is 10.1. The van der Waals surface area contributed by atoms with Crippen LogP contribution in [0.1, 0.15) is 12.6 Å². The largest absolute Gasteiger partial charge is 0.326 e. The van der Waals surface area contributed by atoms with Crippen molar-refractivity contribution in [2.45, 2.75) is 17.7 Å². The number of anilines is 3. The van der Waals surface area contributed by atoms with Gasteiger partial charge >= 0.3 is 0 Å². The fourth-order valence-corrected chi connectivity index (χ4v) is 4.58. The van der Waals surface area contributed by atoms with Crippen LogP contribution in [0.25, 0.3) is 0 Å². The van der Waals surface area contributed by atoms with Crippen molar-refractivity contribution >= 4 is 73.8 Å². The molecule has 0 spiro atoms. The molecule has 0 unspecified atom stereocenters. The Morgan fingerprint density at radius 2 is 1.65 bits per heavy atom. The predicted octanol–water partition coefficient (Wildman–Crippen LogP) is 4.78. The van der Waals surface area contributed by atoms with Gasteiger partial charge < -0.3 is 16.0 Å². The molecule has 10 heteroatoms. The topological polar surface area (TPSA) is 100 Å². The molecule has 1 aromatic heterocycles. The molecule has 0 aliphatic carbocycles. The van der Waals surface area contributed by atoms with Crippen LogP contribution in [0, 0.1) is 0 Å². The Morgan fingerprint density at radius 3 is 2.32 bits per heavy atom. The van der Waals surface area contributed by atoms with E-state index in [1.807, 2.05) is 29.6 Å². The normalized spacial score (nSPS) is 10.4. The van der Waals surface area contributed by atoms with Crippen LogP contribution in [0.15, 0.2) is 62.7 Å². The molecule has 0 aliphatic rings. The van der Waals surface area contributed by atoms with E-state index in [0.717, 1.165) is 8.81 Å². The van der Waals surface area contributed by atoms with Crippen molar-refractivity contribution in [3.05, 3.63) is 64.1 Å². The summed E-state index contributed by atoms with van der Waals surface area (Å²) in [5.74, 6) is -0.270. The standard InChI is InChI=1S/C21H19BrN4O3S2/c1-13(27)23-15-5-7-16(8-6-15)24-20(29)12-31-21-26-18(11-30-21)10-19(28)25-17-4-2-3-14(22)9-17/h2-9,11H,10,12H2,1H3,(H,23,27)(H,24,29)(H,25,28). The van der Waals surface area contributed by atoms with Crippen LogP contribution in [0.2, 0.25) is 0 Å². The molecule has 3 amide bonds. The van der Waals surface area contributed by atoms with Crippen molar-refractivity contribution in [3.8, 4) is 0 Å². The van der Waals surface area contributed by atoms with Gasteiger partial charge in [0.05, 0.1) is 17.9 Å². The van der Waals surface area contributed by atoms with Gasteiger partial charge in [0.1, 0.15) is 0 Å². The van der Waals surface area contributed by atoms with Crippen LogP contribution in [0.3, 0.4) is 0 Å². The smallest absolute Gasteiger partial charge is 0.234 e. The van der Waals surface area contributed by atoms with E-state index in [1.165, 1.54) is 30.0 Å². The number of hydrogen-bond donors (Lipinski definition) is 3. The molecule has 0 bridgehead atoms. The molecule has 2 aromatic carbocycles. The Labute approximate surface area is 196 Å². The lowest BCUT2D eigenvalue weighted by molar-refractivity contribution is -0.116. The predicted molar refractivity (Wildman–Crippen MR) is 129 cm³/mol. The van der Waals surface area contributed by atoms with Crippen LogP contribution in [0.4, 0.5) is 17.1 Å². The number of thioether (sulfide) groups is 1. The van der Waals surface area contributed by atoms with E-state index in [9.17, 15) is 14.4 Å². The van der Waals surface area contributed by atoms with Crippen LogP contribution in [-0.2, 0) is 20.8 Å². The molecule has 160 valence electrons. The number of halogens is 1. The van der Waals surface area contributed by atoms with Gasteiger partial charge in [-0.15, -0.1) is 11.3 Å². The lowest BCUT2D eigenvalue weighted by Gasteiger charge is -2.06. The molecule has 0 atom stereocenters. The van der Waals surface area contributed by atoms with E-state index in [2.05, 4.69) is 36.9 Å². The summed E-state index contributed by atoms with van der Waals surface area (Å²) in [5.41, 5.74) is 2.68. The SMILES string of the molecule is CC(=O)Nc1ccc(NC(=O)CSc2nc(CC(=O)Nc3cccc(Br)c3)cs2)cc1. The minimum Gasteiger partial charge on any atom is -0.326 e. The van der Waals surface area contributed by atoms with Crippen LogP contribution < -0.4 is 16.0 Å². The number of nitrogens with one attached hydrogen (secondary N) is 3. The number of hydrogen-bond acceptors (Lipinski definition) is 6. The number of rotatable bonds is 8. The van der Waals surface area contributed by atoms with E-state index >= 15 is 0 Å². The molecule has 1 heterocycles. The first-order valence-electron chi connectivity index (χ1n) is 9.17. The van der Waals surface area contributed by atoms with Crippen molar-refractivity contribution in [3.63, 3.8) is 0 Å². The van der Waals surface area contributed by atoms with Gasteiger partial charge in [-0.05, 0) is 42.5 Å². The molecule has 3 N–H and O–H groups in total. The Hall–Kier alpha value is -2.69. The summed E-state index contributed by atoms with van der Waals surface area (Å²) in [6, 6.07) is 14.3. The van der Waals surface area contributed by atoms with Gasteiger partial charge in [-0.3, -0.25) is 14.4 Å². The zero-order valence-corrected chi connectivity index (χ0v) is 19.7. The van der Waals surface area contributed by atoms with E-state index < -0.39 is 0 Å². The lowest BCUT2D eigenvalue weighted by atomic mass is 10.3. The Bertz CT molecular complexity index is 1090. The molecule has 7 nitrogen and oxygen atoms in total. The van der Waals surface area contributed by atoms with Gasteiger partial charge in [0.2, 0.25) is 17.7 Å². The van der Waals surface area contributed by atoms with Crippen LogP contribution in [-0.4, -0.2) is 28.5 Å². The molecule has 0 radical (unpaired) electrons. The minimum absolute atomic E-state index is 0.151. The van der Waals surface area contributed by atoms with Gasteiger partial charge in [-0.25, -0.2) is 4.98 Å². The first-order valence-corrected chi connectivity index (χ1v) is 11.8. The summed E-state index contributed by atoms with van der Waals surface area (Å²) in [6.45, 7) is 1.44. The third-order valence-electron chi connectivity index (χ3n) is 3.80. The fraction of sp³-hybridized carbons (Fsp3) is 0.143. The van der Waals surface area contributed by atoms with E-state index in [1.54, 1.807) is 24.3 Å². The third-order valence-corrected chi connectivity index (χ3v) is 6.36. The number of thiazole rings is 1. The third kappa shape index (κ3) is 7.82. The summed E-state index contributed by atoms with van der Waals surface area (Å²) < 4.78 is 1.61. The van der Waals surface area contributed by atoms with E-state index in [0.29, 0.717) is 22.8 Å². The maximum absolute atomic E-state index is 12.2. The van der Waals surface area contributed by atoms with Crippen molar-refractivity contribution in [1.82, 2.24) is 4.98 Å². The Morgan fingerprint density at radius 1 is 0.968 bits per heavy atom. The molecule has 0 saturated heterocycles. The molecular formula is C21H19BrN4O3S2. The second-order valence-corrected chi connectivity index (χ2v) is 9.43. The maximum Gasteiger partial charge on any atom is 0.234 e. The van der Waals surface area contributed by atoms with Crippen molar-refractivity contribution < 1.29 is 14.4 Å². The zero-order chi connectivity index (χ0) is 22.2. The number of aromatic nitrogens is 1. The highest BCUT2D eigenvalue weighted by Gasteiger charge is 2.11. The number of nitrogens with zero attached hydrogens (tertiary/aromatic N) is 1. The quantitative estimate of drug-likeness (QED) is 0.372. The minimum atomic E-state index is -0.165. The highest BCUT2D eigenvalue weighted by molar-refractivity contribution is 9.10.